The molecule has 2 saturated heterocycles. The van der Waals surface area contributed by atoms with Crippen molar-refractivity contribution in [3.8, 4) is 5.75 Å². The quantitative estimate of drug-likeness (QED) is 0.737. The second kappa shape index (κ2) is 10.7. The number of halogens is 2. The molecule has 2 N–H and O–H groups in total. The van der Waals surface area contributed by atoms with Crippen molar-refractivity contribution in [2.45, 2.75) is 38.3 Å². The molecule has 0 saturated carbocycles. The Morgan fingerprint density at radius 3 is 2.69 bits per heavy atom. The van der Waals surface area contributed by atoms with Crippen LogP contribution in [0.25, 0.3) is 0 Å². The lowest BCUT2D eigenvalue weighted by molar-refractivity contribution is 0.0749. The van der Waals surface area contributed by atoms with Gasteiger partial charge in [0.05, 0.1) is 12.2 Å². The fourth-order valence-corrected chi connectivity index (χ4v) is 3.91. The number of anilines is 2. The molecule has 2 aromatic rings. The Bertz CT molecular complexity index is 804. The first-order chi connectivity index (χ1) is 13.2. The summed E-state index contributed by atoms with van der Waals surface area (Å²) in [5.74, 6) is 1.47. The zero-order valence-corrected chi connectivity index (χ0v) is 18.1. The van der Waals surface area contributed by atoms with E-state index in [9.17, 15) is 4.79 Å². The van der Waals surface area contributed by atoms with Crippen molar-refractivity contribution < 1.29 is 9.53 Å². The normalized spacial score (nSPS) is 20.1. The Morgan fingerprint density at radius 1 is 1.17 bits per heavy atom. The molecular formula is C21H28Cl2N4O2. The third-order valence-corrected chi connectivity index (χ3v) is 5.28. The van der Waals surface area contributed by atoms with Gasteiger partial charge in [0.15, 0.2) is 0 Å². The molecular weight excluding hydrogens is 411 g/mol. The van der Waals surface area contributed by atoms with Gasteiger partial charge in [-0.25, -0.2) is 4.98 Å². The van der Waals surface area contributed by atoms with Gasteiger partial charge >= 0.3 is 0 Å². The van der Waals surface area contributed by atoms with Crippen molar-refractivity contribution in [1.82, 2.24) is 15.2 Å². The minimum absolute atomic E-state index is 0. The number of hydrogen-bond donors (Lipinski definition) is 2. The van der Waals surface area contributed by atoms with E-state index in [4.69, 9.17) is 4.74 Å². The average Bonchev–Trinajstić information content (AvgIpc) is 3.02. The number of carbonyl (C=O) groups excluding carboxylic acids is 1. The van der Waals surface area contributed by atoms with E-state index in [0.717, 1.165) is 37.4 Å². The molecule has 2 bridgehead atoms. The molecule has 29 heavy (non-hydrogen) atoms. The van der Waals surface area contributed by atoms with E-state index in [0.29, 0.717) is 30.1 Å². The maximum atomic E-state index is 13.2. The third kappa shape index (κ3) is 5.53. The Morgan fingerprint density at radius 2 is 1.93 bits per heavy atom. The summed E-state index contributed by atoms with van der Waals surface area (Å²) in [6.07, 6.45) is 5.10. The first kappa shape index (κ1) is 23.3. The van der Waals surface area contributed by atoms with E-state index in [1.165, 1.54) is 6.42 Å². The highest BCUT2D eigenvalue weighted by molar-refractivity contribution is 5.99. The van der Waals surface area contributed by atoms with Gasteiger partial charge in [0.2, 0.25) is 0 Å². The van der Waals surface area contributed by atoms with Gasteiger partial charge in [-0.2, -0.15) is 0 Å². The van der Waals surface area contributed by atoms with Crippen LogP contribution in [-0.4, -0.2) is 47.6 Å². The van der Waals surface area contributed by atoms with E-state index >= 15 is 0 Å². The molecule has 1 aromatic heterocycles. The highest BCUT2D eigenvalue weighted by Crippen LogP contribution is 2.25. The lowest BCUT2D eigenvalue weighted by atomic mass is 10.1. The standard InChI is InChI=1S/C21H26N4O2.2ClH/c1-2-27-18-9-7-15(8-10-18)24-20-19(4-3-12-22-20)21(26)25-13-11-16-5-6-17(14-25)23-16;;/h3-4,7-10,12,16-17,23H,2,5-6,11,13-14H2,1H3,(H,22,24);2*1H. The second-order valence-electron chi connectivity index (χ2n) is 7.16. The maximum Gasteiger partial charge on any atom is 0.257 e. The molecule has 0 aliphatic carbocycles. The monoisotopic (exact) mass is 438 g/mol. The number of pyridine rings is 1. The Kier molecular flexibility index (Phi) is 8.56. The molecule has 0 spiro atoms. The predicted octanol–water partition coefficient (Wildman–Crippen LogP) is 4.03. The molecule has 3 heterocycles. The summed E-state index contributed by atoms with van der Waals surface area (Å²) in [5.41, 5.74) is 1.49. The number of hydrogen-bond acceptors (Lipinski definition) is 5. The zero-order chi connectivity index (χ0) is 18.6. The number of fused-ring (bicyclic) bond motifs is 2. The molecule has 158 valence electrons. The highest BCUT2D eigenvalue weighted by atomic mass is 35.5. The second-order valence-corrected chi connectivity index (χ2v) is 7.16. The van der Waals surface area contributed by atoms with Gasteiger partial charge in [-0.15, -0.1) is 24.8 Å². The zero-order valence-electron chi connectivity index (χ0n) is 16.5. The van der Waals surface area contributed by atoms with Crippen LogP contribution in [0.3, 0.4) is 0 Å². The van der Waals surface area contributed by atoms with Crippen molar-refractivity contribution >= 4 is 42.2 Å². The molecule has 1 amide bonds. The van der Waals surface area contributed by atoms with Crippen molar-refractivity contribution in [3.63, 3.8) is 0 Å². The van der Waals surface area contributed by atoms with Crippen molar-refractivity contribution in [2.24, 2.45) is 0 Å². The summed E-state index contributed by atoms with van der Waals surface area (Å²) in [6.45, 7) is 4.16. The van der Waals surface area contributed by atoms with E-state index in [-0.39, 0.29) is 30.7 Å². The van der Waals surface area contributed by atoms with Crippen LogP contribution in [-0.2, 0) is 0 Å². The average molecular weight is 439 g/mol. The van der Waals surface area contributed by atoms with Crippen molar-refractivity contribution in [3.05, 3.63) is 48.2 Å². The van der Waals surface area contributed by atoms with Crippen LogP contribution in [0.5, 0.6) is 5.75 Å². The van der Waals surface area contributed by atoms with Crippen LogP contribution < -0.4 is 15.4 Å². The number of rotatable bonds is 5. The number of amides is 1. The van der Waals surface area contributed by atoms with Crippen LogP contribution in [0.4, 0.5) is 11.5 Å². The molecule has 2 unspecified atom stereocenters. The molecule has 2 aliphatic rings. The van der Waals surface area contributed by atoms with Crippen molar-refractivity contribution in [1.29, 1.82) is 0 Å². The largest absolute Gasteiger partial charge is 0.494 e. The SMILES string of the molecule is CCOc1ccc(Nc2ncccc2C(=O)N2CCC3CCC(C2)N3)cc1.Cl.Cl. The minimum atomic E-state index is 0. The fourth-order valence-electron chi connectivity index (χ4n) is 3.91. The lowest BCUT2D eigenvalue weighted by Gasteiger charge is -2.25. The van der Waals surface area contributed by atoms with Gasteiger partial charge in [-0.1, -0.05) is 0 Å². The fraction of sp³-hybridized carbons (Fsp3) is 0.429. The Hall–Kier alpha value is -2.02. The lowest BCUT2D eigenvalue weighted by Crippen LogP contribution is -2.39. The summed E-state index contributed by atoms with van der Waals surface area (Å²) in [7, 11) is 0. The summed E-state index contributed by atoms with van der Waals surface area (Å²) >= 11 is 0. The van der Waals surface area contributed by atoms with Crippen LogP contribution in [0.2, 0.25) is 0 Å². The predicted molar refractivity (Wildman–Crippen MR) is 120 cm³/mol. The maximum absolute atomic E-state index is 13.2. The highest BCUT2D eigenvalue weighted by Gasteiger charge is 2.32. The van der Waals surface area contributed by atoms with E-state index in [1.807, 2.05) is 48.2 Å². The molecule has 8 heteroatoms. The van der Waals surface area contributed by atoms with Gasteiger partial charge in [-0.3, -0.25) is 4.79 Å². The Labute approximate surface area is 184 Å². The van der Waals surface area contributed by atoms with E-state index in [1.54, 1.807) is 6.20 Å². The molecule has 2 fully saturated rings. The number of aromatic nitrogens is 1. The van der Waals surface area contributed by atoms with Crippen LogP contribution in [0.1, 0.15) is 36.5 Å². The molecule has 0 radical (unpaired) electrons. The minimum Gasteiger partial charge on any atom is -0.494 e. The van der Waals surface area contributed by atoms with Crippen LogP contribution >= 0.6 is 24.8 Å². The molecule has 2 aliphatic heterocycles. The van der Waals surface area contributed by atoms with Gasteiger partial charge in [0, 0.05) is 37.1 Å². The number of carbonyl (C=O) groups is 1. The van der Waals surface area contributed by atoms with Gasteiger partial charge in [0.1, 0.15) is 11.6 Å². The van der Waals surface area contributed by atoms with Gasteiger partial charge in [0.25, 0.3) is 5.91 Å². The number of likely N-dealkylation sites (tertiary alicyclic amines) is 1. The topological polar surface area (TPSA) is 66.5 Å². The molecule has 1 aromatic carbocycles. The van der Waals surface area contributed by atoms with Crippen LogP contribution in [0, 0.1) is 0 Å². The van der Waals surface area contributed by atoms with E-state index < -0.39 is 0 Å². The number of nitrogens with zero attached hydrogens (tertiary/aromatic N) is 2. The summed E-state index contributed by atoms with van der Waals surface area (Å²) in [5, 5.41) is 6.90. The van der Waals surface area contributed by atoms with Crippen LogP contribution in [0.15, 0.2) is 42.6 Å². The van der Waals surface area contributed by atoms with E-state index in [2.05, 4.69) is 15.6 Å². The first-order valence-corrected chi connectivity index (χ1v) is 9.73. The van der Waals surface area contributed by atoms with Gasteiger partial charge < -0.3 is 20.3 Å². The Balaban J connectivity index is 0.00000150. The van der Waals surface area contributed by atoms with Crippen molar-refractivity contribution in [2.75, 3.05) is 25.0 Å². The molecule has 2 atom stereocenters. The third-order valence-electron chi connectivity index (χ3n) is 5.28. The summed E-state index contributed by atoms with van der Waals surface area (Å²) in [6, 6.07) is 12.3. The number of benzene rings is 1. The number of nitrogens with one attached hydrogen (secondary N) is 2. The smallest absolute Gasteiger partial charge is 0.257 e. The first-order valence-electron chi connectivity index (χ1n) is 9.73. The van der Waals surface area contributed by atoms with Gasteiger partial charge in [-0.05, 0) is 62.6 Å². The summed E-state index contributed by atoms with van der Waals surface area (Å²) in [4.78, 5) is 19.6. The number of ether oxygens (including phenoxy) is 1. The summed E-state index contributed by atoms with van der Waals surface area (Å²) < 4.78 is 5.48. The molecule has 4 rings (SSSR count). The molecule has 6 nitrogen and oxygen atoms in total.